The lowest BCUT2D eigenvalue weighted by Gasteiger charge is -2.19. The molecule has 0 aliphatic rings. The van der Waals surface area contributed by atoms with E-state index in [-0.39, 0.29) is 11.2 Å². The molecule has 0 aromatic carbocycles. The summed E-state index contributed by atoms with van der Waals surface area (Å²) in [5.41, 5.74) is -0.139. The Morgan fingerprint density at radius 1 is 1.28 bits per heavy atom. The molecule has 0 rings (SSSR count). The van der Waals surface area contributed by atoms with E-state index in [1.807, 2.05) is 20.8 Å². The van der Waals surface area contributed by atoms with Crippen LogP contribution in [-0.2, 0) is 19.4 Å². The van der Waals surface area contributed by atoms with Gasteiger partial charge in [-0.1, -0.05) is 20.8 Å². The molecule has 0 radical (unpaired) electrons. The molecule has 7 heteroatoms. The fourth-order valence-corrected chi connectivity index (χ4v) is 3.04. The Balaban J connectivity index is 4.62. The van der Waals surface area contributed by atoms with Crippen molar-refractivity contribution in [2.45, 2.75) is 40.2 Å². The van der Waals surface area contributed by atoms with Gasteiger partial charge in [-0.2, -0.15) is 0 Å². The van der Waals surface area contributed by atoms with E-state index in [2.05, 4.69) is 5.32 Å². The van der Waals surface area contributed by atoms with Crippen LogP contribution in [0.2, 0.25) is 0 Å². The molecule has 0 heterocycles. The molecule has 0 saturated carbocycles. The Bertz CT molecular complexity index is 408. The second-order valence-corrected chi connectivity index (χ2v) is 7.75. The smallest absolute Gasteiger partial charge is 0.327 e. The van der Waals surface area contributed by atoms with Crippen LogP contribution in [0.4, 0.5) is 0 Å². The lowest BCUT2D eigenvalue weighted by molar-refractivity contribution is -0.140. The minimum atomic E-state index is -3.50. The molecule has 0 aliphatic heterocycles. The number of carbonyl (C=O) groups is 2. The highest BCUT2D eigenvalue weighted by atomic mass is 32.2. The molecule has 0 bridgehead atoms. The van der Waals surface area contributed by atoms with Gasteiger partial charge in [0.25, 0.3) is 0 Å². The Labute approximate surface area is 108 Å². The number of aliphatic carboxylic acids is 1. The number of nitrogens with one attached hydrogen (secondary N) is 1. The molecular weight excluding hydrogens is 258 g/mol. The van der Waals surface area contributed by atoms with E-state index >= 15 is 0 Å². The summed E-state index contributed by atoms with van der Waals surface area (Å²) in [7, 11) is -3.50. The molecule has 0 aromatic rings. The molecule has 0 unspecified atom stereocenters. The lowest BCUT2D eigenvalue weighted by atomic mass is 9.94. The van der Waals surface area contributed by atoms with Crippen molar-refractivity contribution in [1.82, 2.24) is 5.32 Å². The van der Waals surface area contributed by atoms with Gasteiger partial charge in [0.1, 0.15) is 6.04 Å². The maximum absolute atomic E-state index is 11.8. The third kappa shape index (κ3) is 8.05. The number of hydrogen-bond acceptors (Lipinski definition) is 4. The van der Waals surface area contributed by atoms with Gasteiger partial charge in [-0.3, -0.25) is 4.79 Å². The van der Waals surface area contributed by atoms with Crippen molar-refractivity contribution in [2.24, 2.45) is 5.41 Å². The molecule has 0 aromatic heterocycles. The highest BCUT2D eigenvalue weighted by Gasteiger charge is 2.27. The van der Waals surface area contributed by atoms with Crippen LogP contribution >= 0.6 is 0 Å². The van der Waals surface area contributed by atoms with E-state index in [9.17, 15) is 18.0 Å². The quantitative estimate of drug-likeness (QED) is 0.734. The Hall–Kier alpha value is -1.11. The van der Waals surface area contributed by atoms with E-state index < -0.39 is 33.5 Å². The Morgan fingerprint density at radius 3 is 2.11 bits per heavy atom. The fraction of sp³-hybridized carbons (Fsp3) is 0.818. The van der Waals surface area contributed by atoms with Crippen molar-refractivity contribution in [1.29, 1.82) is 0 Å². The molecule has 106 valence electrons. The Morgan fingerprint density at radius 2 is 1.78 bits per heavy atom. The van der Waals surface area contributed by atoms with E-state index in [0.717, 1.165) is 6.92 Å². The number of carboxylic acids is 1. The third-order valence-electron chi connectivity index (χ3n) is 2.26. The maximum Gasteiger partial charge on any atom is 0.327 e. The van der Waals surface area contributed by atoms with Crippen molar-refractivity contribution in [3.63, 3.8) is 0 Å². The first kappa shape index (κ1) is 16.9. The largest absolute Gasteiger partial charge is 0.480 e. The summed E-state index contributed by atoms with van der Waals surface area (Å²) in [5, 5.41) is 10.9. The number of carboxylic acid groups (broad SMARTS) is 1. The summed E-state index contributed by atoms with van der Waals surface area (Å²) in [4.78, 5) is 21.6. The van der Waals surface area contributed by atoms with Crippen LogP contribution in [0.1, 0.15) is 34.1 Å². The SMILES string of the molecule is CC(=O)N[C@@H](CS(=O)(=O)CCC(C)(C)C)C(=O)O. The predicted molar refractivity (Wildman–Crippen MR) is 68.0 cm³/mol. The second-order valence-electron chi connectivity index (χ2n) is 5.52. The first-order chi connectivity index (χ1) is 7.93. The van der Waals surface area contributed by atoms with Crippen molar-refractivity contribution in [3.05, 3.63) is 0 Å². The number of amides is 1. The first-order valence-corrected chi connectivity index (χ1v) is 7.45. The zero-order chi connectivity index (χ0) is 14.6. The minimum Gasteiger partial charge on any atom is -0.480 e. The van der Waals surface area contributed by atoms with Crippen LogP contribution in [0, 0.1) is 5.41 Å². The van der Waals surface area contributed by atoms with Crippen LogP contribution in [0.15, 0.2) is 0 Å². The molecule has 2 N–H and O–H groups in total. The molecule has 1 amide bonds. The van der Waals surface area contributed by atoms with Gasteiger partial charge in [0.05, 0.1) is 11.5 Å². The molecule has 18 heavy (non-hydrogen) atoms. The monoisotopic (exact) mass is 279 g/mol. The number of carbonyl (C=O) groups excluding carboxylic acids is 1. The average Bonchev–Trinajstić information content (AvgIpc) is 2.11. The second kappa shape index (κ2) is 6.17. The van der Waals surface area contributed by atoms with Crippen molar-refractivity contribution < 1.29 is 23.1 Å². The Kier molecular flexibility index (Phi) is 5.79. The number of rotatable bonds is 6. The average molecular weight is 279 g/mol. The van der Waals surface area contributed by atoms with Gasteiger partial charge in [0.2, 0.25) is 5.91 Å². The molecule has 0 saturated heterocycles. The van der Waals surface area contributed by atoms with Crippen LogP contribution in [0.5, 0.6) is 0 Å². The van der Waals surface area contributed by atoms with Gasteiger partial charge < -0.3 is 10.4 Å². The summed E-state index contributed by atoms with van der Waals surface area (Å²) in [6, 6.07) is -1.38. The number of sulfone groups is 1. The highest BCUT2D eigenvalue weighted by Crippen LogP contribution is 2.19. The molecule has 0 spiro atoms. The van der Waals surface area contributed by atoms with E-state index in [0.29, 0.717) is 6.42 Å². The van der Waals surface area contributed by atoms with Crippen molar-refractivity contribution in [3.8, 4) is 0 Å². The molecule has 1 atom stereocenters. The summed E-state index contributed by atoms with van der Waals surface area (Å²) < 4.78 is 23.5. The normalized spacial score (nSPS) is 14.0. The predicted octanol–water partition coefficient (Wildman–Crippen LogP) is 0.427. The maximum atomic E-state index is 11.8. The van der Waals surface area contributed by atoms with Gasteiger partial charge in [0.15, 0.2) is 9.84 Å². The molecule has 6 nitrogen and oxygen atoms in total. The minimum absolute atomic E-state index is 0.0835. The van der Waals surface area contributed by atoms with Crippen LogP contribution < -0.4 is 5.32 Å². The fourth-order valence-electron chi connectivity index (χ4n) is 1.22. The standard InChI is InChI=1S/C11H21NO5S/c1-8(13)12-9(10(14)15)7-18(16,17)6-5-11(2,3)4/h9H,5-7H2,1-4H3,(H,12,13)(H,14,15)/t9-/m0/s1. The van der Waals surface area contributed by atoms with Crippen molar-refractivity contribution in [2.75, 3.05) is 11.5 Å². The summed E-state index contributed by atoms with van der Waals surface area (Å²) in [6.45, 7) is 6.87. The van der Waals surface area contributed by atoms with Gasteiger partial charge in [-0.05, 0) is 11.8 Å². The van der Waals surface area contributed by atoms with Crippen LogP contribution in [-0.4, -0.2) is 42.9 Å². The third-order valence-corrected chi connectivity index (χ3v) is 3.93. The molecular formula is C11H21NO5S. The van der Waals surface area contributed by atoms with Gasteiger partial charge >= 0.3 is 5.97 Å². The number of hydrogen-bond donors (Lipinski definition) is 2. The van der Waals surface area contributed by atoms with Gasteiger partial charge in [-0.15, -0.1) is 0 Å². The molecule has 0 aliphatic carbocycles. The van der Waals surface area contributed by atoms with Crippen LogP contribution in [0.25, 0.3) is 0 Å². The van der Waals surface area contributed by atoms with E-state index in [1.165, 1.54) is 0 Å². The van der Waals surface area contributed by atoms with Gasteiger partial charge in [0, 0.05) is 6.92 Å². The molecule has 0 fully saturated rings. The summed E-state index contributed by atoms with van der Waals surface area (Å²) in [5.74, 6) is -2.56. The van der Waals surface area contributed by atoms with Crippen LogP contribution in [0.3, 0.4) is 0 Å². The van der Waals surface area contributed by atoms with E-state index in [1.54, 1.807) is 0 Å². The van der Waals surface area contributed by atoms with Crippen molar-refractivity contribution >= 4 is 21.7 Å². The lowest BCUT2D eigenvalue weighted by Crippen LogP contribution is -2.45. The summed E-state index contributed by atoms with van der Waals surface area (Å²) >= 11 is 0. The van der Waals surface area contributed by atoms with E-state index in [4.69, 9.17) is 5.11 Å². The van der Waals surface area contributed by atoms with Gasteiger partial charge in [-0.25, -0.2) is 13.2 Å². The topological polar surface area (TPSA) is 101 Å². The zero-order valence-electron chi connectivity index (χ0n) is 11.2. The summed E-state index contributed by atoms with van der Waals surface area (Å²) in [6.07, 6.45) is 0.446. The first-order valence-electron chi connectivity index (χ1n) is 5.63. The zero-order valence-corrected chi connectivity index (χ0v) is 12.0. The highest BCUT2D eigenvalue weighted by molar-refractivity contribution is 7.91.